The predicted octanol–water partition coefficient (Wildman–Crippen LogP) is 3.47. The molecule has 0 radical (unpaired) electrons. The molecule has 2 atom stereocenters. The van der Waals surface area contributed by atoms with Crippen molar-refractivity contribution in [2.75, 3.05) is 18.0 Å². The first-order valence-corrected chi connectivity index (χ1v) is 8.45. The van der Waals surface area contributed by atoms with Crippen molar-refractivity contribution in [1.29, 1.82) is 0 Å². The first-order valence-electron chi connectivity index (χ1n) is 8.07. The topological polar surface area (TPSA) is 51.1 Å². The summed E-state index contributed by atoms with van der Waals surface area (Å²) in [6.07, 6.45) is 8.51. The molecule has 0 N–H and O–H groups in total. The Kier molecular flexibility index (Phi) is 4.78. The molecule has 0 aromatic carbocycles. The second kappa shape index (κ2) is 6.77. The van der Waals surface area contributed by atoms with Crippen molar-refractivity contribution in [3.8, 4) is 6.01 Å². The van der Waals surface area contributed by atoms with E-state index in [4.69, 9.17) is 16.3 Å². The van der Waals surface area contributed by atoms with E-state index in [0.717, 1.165) is 31.8 Å². The molecule has 116 valence electrons. The molecule has 0 bridgehead atoms. The van der Waals surface area contributed by atoms with Crippen LogP contribution in [-0.2, 0) is 0 Å². The maximum Gasteiger partial charge on any atom is 0.322 e. The molecule has 2 heterocycles. The van der Waals surface area contributed by atoms with Crippen LogP contribution in [0.5, 0.6) is 6.01 Å². The number of halogens is 1. The minimum Gasteiger partial charge on any atom is -0.460 e. The van der Waals surface area contributed by atoms with Crippen LogP contribution in [0.2, 0.25) is 5.28 Å². The first-order chi connectivity index (χ1) is 10.2. The van der Waals surface area contributed by atoms with Crippen molar-refractivity contribution in [3.05, 3.63) is 5.28 Å². The monoisotopic (exact) mass is 310 g/mol. The van der Waals surface area contributed by atoms with Crippen LogP contribution in [0.1, 0.15) is 51.9 Å². The van der Waals surface area contributed by atoms with Crippen LogP contribution < -0.4 is 9.64 Å². The summed E-state index contributed by atoms with van der Waals surface area (Å²) in [5.41, 5.74) is 0. The number of rotatable bonds is 4. The number of hydrogen-bond donors (Lipinski definition) is 0. The molecule has 1 aromatic rings. The number of nitrogens with zero attached hydrogens (tertiary/aromatic N) is 4. The van der Waals surface area contributed by atoms with Crippen LogP contribution in [0.4, 0.5) is 5.95 Å². The molecule has 21 heavy (non-hydrogen) atoms. The maximum absolute atomic E-state index is 6.03. The Morgan fingerprint density at radius 2 is 1.95 bits per heavy atom. The molecule has 5 nitrogen and oxygen atoms in total. The zero-order valence-electron chi connectivity index (χ0n) is 12.6. The molecule has 2 fully saturated rings. The molecule has 1 aromatic heterocycles. The first kappa shape index (κ1) is 14.8. The summed E-state index contributed by atoms with van der Waals surface area (Å²) in [4.78, 5) is 15.0. The largest absolute Gasteiger partial charge is 0.460 e. The van der Waals surface area contributed by atoms with Gasteiger partial charge in [-0.05, 0) is 49.6 Å². The molecule has 1 aliphatic carbocycles. The molecule has 6 heteroatoms. The lowest BCUT2D eigenvalue weighted by atomic mass is 9.86. The van der Waals surface area contributed by atoms with Crippen molar-refractivity contribution in [1.82, 2.24) is 15.0 Å². The fraction of sp³-hybridized carbons (Fsp3) is 0.800. The second-order valence-electron chi connectivity index (χ2n) is 6.06. The third-order valence-electron chi connectivity index (χ3n) is 4.55. The minimum absolute atomic E-state index is 0.216. The van der Waals surface area contributed by atoms with Gasteiger partial charge in [0, 0.05) is 13.1 Å². The Labute approximate surface area is 131 Å². The number of anilines is 1. The van der Waals surface area contributed by atoms with E-state index in [0.29, 0.717) is 12.0 Å². The summed E-state index contributed by atoms with van der Waals surface area (Å²) in [6.45, 7) is 4.22. The third kappa shape index (κ3) is 3.76. The second-order valence-corrected chi connectivity index (χ2v) is 6.40. The Morgan fingerprint density at radius 1 is 1.14 bits per heavy atom. The highest BCUT2D eigenvalue weighted by Gasteiger charge is 2.24. The van der Waals surface area contributed by atoms with Gasteiger partial charge in [0.25, 0.3) is 0 Å². The molecule has 2 aliphatic rings. The van der Waals surface area contributed by atoms with E-state index in [9.17, 15) is 0 Å². The van der Waals surface area contributed by atoms with E-state index in [1.54, 1.807) is 0 Å². The van der Waals surface area contributed by atoms with Crippen molar-refractivity contribution in [2.45, 2.75) is 58.0 Å². The summed E-state index contributed by atoms with van der Waals surface area (Å²) in [5.74, 6) is 1.42. The van der Waals surface area contributed by atoms with E-state index in [1.165, 1.54) is 32.1 Å². The highest BCUT2D eigenvalue weighted by molar-refractivity contribution is 6.28. The van der Waals surface area contributed by atoms with Crippen LogP contribution in [-0.4, -0.2) is 34.1 Å². The Morgan fingerprint density at radius 3 is 2.71 bits per heavy atom. The van der Waals surface area contributed by atoms with Gasteiger partial charge in [0.15, 0.2) is 0 Å². The number of hydrogen-bond acceptors (Lipinski definition) is 5. The lowest BCUT2D eigenvalue weighted by molar-refractivity contribution is 0.111. The Bertz CT molecular complexity index is 479. The van der Waals surface area contributed by atoms with Gasteiger partial charge < -0.3 is 9.64 Å². The number of ether oxygens (including phenoxy) is 1. The molecular formula is C15H23ClN4O. The number of aromatic nitrogens is 3. The van der Waals surface area contributed by atoms with E-state index < -0.39 is 0 Å². The average Bonchev–Trinajstić information content (AvgIpc) is 3.01. The summed E-state index contributed by atoms with van der Waals surface area (Å²) >= 11 is 6.03. The normalized spacial score (nSPS) is 26.1. The van der Waals surface area contributed by atoms with Crippen LogP contribution in [0, 0.1) is 5.92 Å². The van der Waals surface area contributed by atoms with Crippen molar-refractivity contribution in [3.63, 3.8) is 0 Å². The standard InChI is InChI=1S/C15H23ClN4O/c1-2-11-6-5-7-12(10-11)21-15-18-13(16)17-14(19-15)20-8-3-4-9-20/h11-12H,2-10H2,1H3. The Hall–Kier alpha value is -1.10. The van der Waals surface area contributed by atoms with Gasteiger partial charge in [0.1, 0.15) is 6.10 Å². The van der Waals surface area contributed by atoms with Gasteiger partial charge in [-0.1, -0.05) is 19.8 Å². The Balaban J connectivity index is 1.69. The van der Waals surface area contributed by atoms with Gasteiger partial charge in [-0.25, -0.2) is 0 Å². The molecule has 1 aliphatic heterocycles. The molecule has 2 unspecified atom stereocenters. The maximum atomic E-state index is 6.03. The zero-order chi connectivity index (χ0) is 14.7. The third-order valence-corrected chi connectivity index (χ3v) is 4.72. The molecule has 1 saturated heterocycles. The predicted molar refractivity (Wildman–Crippen MR) is 82.9 cm³/mol. The van der Waals surface area contributed by atoms with E-state index >= 15 is 0 Å². The van der Waals surface area contributed by atoms with Crippen LogP contribution in [0.15, 0.2) is 0 Å². The van der Waals surface area contributed by atoms with Gasteiger partial charge in [-0.3, -0.25) is 0 Å². The zero-order valence-corrected chi connectivity index (χ0v) is 13.3. The molecule has 0 amide bonds. The lowest BCUT2D eigenvalue weighted by Gasteiger charge is -2.28. The van der Waals surface area contributed by atoms with Gasteiger partial charge in [0.2, 0.25) is 11.2 Å². The van der Waals surface area contributed by atoms with E-state index in [-0.39, 0.29) is 11.4 Å². The smallest absolute Gasteiger partial charge is 0.322 e. The van der Waals surface area contributed by atoms with Gasteiger partial charge in [0.05, 0.1) is 0 Å². The fourth-order valence-corrected chi connectivity index (χ4v) is 3.45. The van der Waals surface area contributed by atoms with Crippen LogP contribution in [0.3, 0.4) is 0 Å². The van der Waals surface area contributed by atoms with E-state index in [1.807, 2.05) is 0 Å². The average molecular weight is 311 g/mol. The van der Waals surface area contributed by atoms with Crippen LogP contribution >= 0.6 is 11.6 Å². The van der Waals surface area contributed by atoms with Gasteiger partial charge in [-0.2, -0.15) is 15.0 Å². The fourth-order valence-electron chi connectivity index (χ4n) is 3.30. The van der Waals surface area contributed by atoms with E-state index in [2.05, 4.69) is 26.8 Å². The lowest BCUT2D eigenvalue weighted by Crippen LogP contribution is -2.27. The summed E-state index contributed by atoms with van der Waals surface area (Å²) < 4.78 is 6.00. The summed E-state index contributed by atoms with van der Waals surface area (Å²) in [5, 5.41) is 0.227. The van der Waals surface area contributed by atoms with Crippen molar-refractivity contribution >= 4 is 17.5 Å². The molecule has 1 saturated carbocycles. The SMILES string of the molecule is CCC1CCCC(Oc2nc(Cl)nc(N3CCCC3)n2)C1. The molecule has 3 rings (SSSR count). The summed E-state index contributed by atoms with van der Waals surface area (Å²) in [7, 11) is 0. The van der Waals surface area contributed by atoms with Crippen molar-refractivity contribution in [2.24, 2.45) is 5.92 Å². The quantitative estimate of drug-likeness (QED) is 0.852. The summed E-state index contributed by atoms with van der Waals surface area (Å²) in [6, 6.07) is 0.388. The highest BCUT2D eigenvalue weighted by Crippen LogP contribution is 2.29. The minimum atomic E-state index is 0.216. The molecule has 0 spiro atoms. The van der Waals surface area contributed by atoms with Gasteiger partial charge in [-0.15, -0.1) is 0 Å². The van der Waals surface area contributed by atoms with Crippen LogP contribution in [0.25, 0.3) is 0 Å². The van der Waals surface area contributed by atoms with Crippen molar-refractivity contribution < 1.29 is 4.74 Å². The van der Waals surface area contributed by atoms with Gasteiger partial charge >= 0.3 is 6.01 Å². The molecular weight excluding hydrogens is 288 g/mol. The highest BCUT2D eigenvalue weighted by atomic mass is 35.5.